The van der Waals surface area contributed by atoms with Crippen LogP contribution in [0, 0.1) is 0 Å². The third-order valence-electron chi connectivity index (χ3n) is 3.24. The van der Waals surface area contributed by atoms with Crippen LogP contribution in [0.2, 0.25) is 0 Å². The SMILES string of the molecule is CCC(CC(=O)NCC(OC)C(=O)O)c1ccccc1. The minimum Gasteiger partial charge on any atom is -0.479 e. The molecule has 0 aliphatic carbocycles. The topological polar surface area (TPSA) is 75.6 Å². The van der Waals surface area contributed by atoms with E-state index in [9.17, 15) is 9.59 Å². The summed E-state index contributed by atoms with van der Waals surface area (Å²) in [4.78, 5) is 22.6. The van der Waals surface area contributed by atoms with E-state index in [0.717, 1.165) is 12.0 Å². The molecular weight excluding hydrogens is 258 g/mol. The number of methoxy groups -OCH3 is 1. The van der Waals surface area contributed by atoms with Gasteiger partial charge in [-0.3, -0.25) is 4.79 Å². The molecule has 20 heavy (non-hydrogen) atoms. The van der Waals surface area contributed by atoms with Crippen molar-refractivity contribution in [3.8, 4) is 0 Å². The average Bonchev–Trinajstić information content (AvgIpc) is 2.46. The van der Waals surface area contributed by atoms with Crippen LogP contribution in [0.3, 0.4) is 0 Å². The highest BCUT2D eigenvalue weighted by atomic mass is 16.5. The number of carbonyl (C=O) groups excluding carboxylic acids is 1. The third-order valence-corrected chi connectivity index (χ3v) is 3.24. The summed E-state index contributed by atoms with van der Waals surface area (Å²) >= 11 is 0. The predicted octanol–water partition coefficient (Wildman–Crippen LogP) is 1.79. The largest absolute Gasteiger partial charge is 0.479 e. The molecular formula is C15H21NO4. The first-order chi connectivity index (χ1) is 9.58. The number of carboxylic acids is 1. The summed E-state index contributed by atoms with van der Waals surface area (Å²) < 4.78 is 4.76. The highest BCUT2D eigenvalue weighted by molar-refractivity contribution is 5.78. The van der Waals surface area contributed by atoms with Crippen LogP contribution >= 0.6 is 0 Å². The van der Waals surface area contributed by atoms with Gasteiger partial charge in [0.25, 0.3) is 0 Å². The van der Waals surface area contributed by atoms with Gasteiger partial charge in [-0.1, -0.05) is 37.3 Å². The third kappa shape index (κ3) is 5.01. The summed E-state index contributed by atoms with van der Waals surface area (Å²) in [7, 11) is 1.31. The van der Waals surface area contributed by atoms with Crippen molar-refractivity contribution in [1.29, 1.82) is 0 Å². The maximum absolute atomic E-state index is 11.9. The van der Waals surface area contributed by atoms with Crippen molar-refractivity contribution in [3.05, 3.63) is 35.9 Å². The fourth-order valence-electron chi connectivity index (χ4n) is 2.00. The lowest BCUT2D eigenvalue weighted by Crippen LogP contribution is -2.38. The molecule has 110 valence electrons. The normalized spacial score (nSPS) is 13.5. The maximum atomic E-state index is 11.9. The standard InChI is InChI=1S/C15H21NO4/c1-3-11(12-7-5-4-6-8-12)9-14(17)16-10-13(20-2)15(18)19/h4-8,11,13H,3,9-10H2,1-2H3,(H,16,17)(H,18,19). The Bertz CT molecular complexity index is 433. The van der Waals surface area contributed by atoms with Gasteiger partial charge in [0.1, 0.15) is 0 Å². The van der Waals surface area contributed by atoms with E-state index in [4.69, 9.17) is 9.84 Å². The van der Waals surface area contributed by atoms with Crippen LogP contribution in [0.1, 0.15) is 31.2 Å². The van der Waals surface area contributed by atoms with Crippen LogP contribution in [0.4, 0.5) is 0 Å². The van der Waals surface area contributed by atoms with Crippen molar-refractivity contribution in [3.63, 3.8) is 0 Å². The van der Waals surface area contributed by atoms with Crippen molar-refractivity contribution in [2.45, 2.75) is 31.8 Å². The minimum atomic E-state index is -1.08. The molecule has 2 unspecified atom stereocenters. The molecule has 2 atom stereocenters. The number of hydrogen-bond donors (Lipinski definition) is 2. The molecule has 0 radical (unpaired) electrons. The van der Waals surface area contributed by atoms with Crippen molar-refractivity contribution >= 4 is 11.9 Å². The second kappa shape index (κ2) is 8.32. The molecule has 0 aliphatic rings. The minimum absolute atomic E-state index is 0.0180. The van der Waals surface area contributed by atoms with Gasteiger partial charge in [-0.2, -0.15) is 0 Å². The molecule has 1 amide bonds. The van der Waals surface area contributed by atoms with Gasteiger partial charge in [-0.05, 0) is 17.9 Å². The van der Waals surface area contributed by atoms with Gasteiger partial charge in [-0.15, -0.1) is 0 Å². The van der Waals surface area contributed by atoms with Crippen molar-refractivity contribution in [2.24, 2.45) is 0 Å². The Balaban J connectivity index is 2.50. The predicted molar refractivity (Wildman–Crippen MR) is 75.5 cm³/mol. The van der Waals surface area contributed by atoms with Crippen LogP contribution in [-0.2, 0) is 14.3 Å². The number of hydrogen-bond acceptors (Lipinski definition) is 3. The van der Waals surface area contributed by atoms with Crippen molar-refractivity contribution < 1.29 is 19.4 Å². The molecule has 0 saturated carbocycles. The van der Waals surface area contributed by atoms with Crippen LogP contribution < -0.4 is 5.32 Å². The average molecular weight is 279 g/mol. The van der Waals surface area contributed by atoms with E-state index < -0.39 is 12.1 Å². The maximum Gasteiger partial charge on any atom is 0.334 e. The van der Waals surface area contributed by atoms with E-state index in [2.05, 4.69) is 5.32 Å². The number of nitrogens with one attached hydrogen (secondary N) is 1. The van der Waals surface area contributed by atoms with E-state index in [1.807, 2.05) is 37.3 Å². The molecule has 5 nitrogen and oxygen atoms in total. The zero-order chi connectivity index (χ0) is 15.0. The molecule has 1 aromatic rings. The fraction of sp³-hybridized carbons (Fsp3) is 0.467. The summed E-state index contributed by atoms with van der Waals surface area (Å²) in [6.07, 6.45) is 0.191. The smallest absolute Gasteiger partial charge is 0.334 e. The van der Waals surface area contributed by atoms with Crippen LogP contribution in [0.15, 0.2) is 30.3 Å². The number of amides is 1. The van der Waals surface area contributed by atoms with E-state index in [-0.39, 0.29) is 18.4 Å². The molecule has 1 rings (SSSR count). The quantitative estimate of drug-likeness (QED) is 0.760. The summed E-state index contributed by atoms with van der Waals surface area (Å²) in [5, 5.41) is 11.4. The molecule has 0 fully saturated rings. The highest BCUT2D eigenvalue weighted by Crippen LogP contribution is 2.22. The Morgan fingerprint density at radius 2 is 1.95 bits per heavy atom. The summed E-state index contributed by atoms with van der Waals surface area (Å²) in [6, 6.07) is 9.82. The first-order valence-corrected chi connectivity index (χ1v) is 6.65. The van der Waals surface area contributed by atoms with Crippen LogP contribution in [0.5, 0.6) is 0 Å². The van der Waals surface area contributed by atoms with Gasteiger partial charge in [0.15, 0.2) is 6.10 Å². The molecule has 0 spiro atoms. The zero-order valence-corrected chi connectivity index (χ0v) is 11.8. The first-order valence-electron chi connectivity index (χ1n) is 6.65. The molecule has 2 N–H and O–H groups in total. The molecule has 0 bridgehead atoms. The van der Waals surface area contributed by atoms with Gasteiger partial charge < -0.3 is 15.2 Å². The number of aliphatic carboxylic acids is 1. The van der Waals surface area contributed by atoms with Crippen LogP contribution in [0.25, 0.3) is 0 Å². The molecule has 1 aromatic carbocycles. The van der Waals surface area contributed by atoms with E-state index in [1.165, 1.54) is 7.11 Å². The Morgan fingerprint density at radius 3 is 2.45 bits per heavy atom. The summed E-state index contributed by atoms with van der Waals surface area (Å²) in [5.41, 5.74) is 1.12. The second-order valence-electron chi connectivity index (χ2n) is 4.59. The number of benzene rings is 1. The van der Waals surface area contributed by atoms with Gasteiger partial charge in [-0.25, -0.2) is 4.79 Å². The van der Waals surface area contributed by atoms with Gasteiger partial charge in [0.05, 0.1) is 6.54 Å². The molecule has 0 heterocycles. The van der Waals surface area contributed by atoms with Crippen molar-refractivity contribution in [1.82, 2.24) is 5.32 Å². The lowest BCUT2D eigenvalue weighted by atomic mass is 9.93. The number of ether oxygens (including phenoxy) is 1. The van der Waals surface area contributed by atoms with Gasteiger partial charge >= 0.3 is 5.97 Å². The number of rotatable bonds is 8. The molecule has 0 aliphatic heterocycles. The van der Waals surface area contributed by atoms with E-state index >= 15 is 0 Å². The lowest BCUT2D eigenvalue weighted by molar-refractivity contribution is -0.148. The number of carbonyl (C=O) groups is 2. The van der Waals surface area contributed by atoms with Gasteiger partial charge in [0.2, 0.25) is 5.91 Å². The first kappa shape index (κ1) is 16.2. The Kier molecular flexibility index (Phi) is 6.73. The van der Waals surface area contributed by atoms with E-state index in [1.54, 1.807) is 0 Å². The highest BCUT2D eigenvalue weighted by Gasteiger charge is 2.19. The van der Waals surface area contributed by atoms with Crippen molar-refractivity contribution in [2.75, 3.05) is 13.7 Å². The van der Waals surface area contributed by atoms with E-state index in [0.29, 0.717) is 6.42 Å². The Hall–Kier alpha value is -1.88. The molecule has 5 heteroatoms. The summed E-state index contributed by atoms with van der Waals surface area (Å²) in [5.74, 6) is -1.10. The zero-order valence-electron chi connectivity index (χ0n) is 11.8. The summed E-state index contributed by atoms with van der Waals surface area (Å²) in [6.45, 7) is 2.01. The second-order valence-corrected chi connectivity index (χ2v) is 4.59. The Morgan fingerprint density at radius 1 is 1.30 bits per heavy atom. The molecule has 0 saturated heterocycles. The lowest BCUT2D eigenvalue weighted by Gasteiger charge is -2.16. The van der Waals surface area contributed by atoms with Gasteiger partial charge in [0, 0.05) is 13.5 Å². The number of carboxylic acid groups (broad SMARTS) is 1. The van der Waals surface area contributed by atoms with Crippen LogP contribution in [-0.4, -0.2) is 36.7 Å². The molecule has 0 aromatic heterocycles. The fourth-order valence-corrected chi connectivity index (χ4v) is 2.00. The monoisotopic (exact) mass is 279 g/mol. The Labute approximate surface area is 118 Å².